The second kappa shape index (κ2) is 5.04. The van der Waals surface area contributed by atoms with E-state index in [1.807, 2.05) is 30.1 Å². The molecule has 0 saturated heterocycles. The number of pyridine rings is 1. The second-order valence-electron chi connectivity index (χ2n) is 5.51. The molecule has 3 rings (SSSR count). The van der Waals surface area contributed by atoms with Gasteiger partial charge in [0.15, 0.2) is 0 Å². The first-order valence-corrected chi connectivity index (χ1v) is 7.22. The van der Waals surface area contributed by atoms with Gasteiger partial charge in [0.05, 0.1) is 11.2 Å². The number of nitrogens with two attached hydrogens (primary N) is 1. The highest BCUT2D eigenvalue weighted by Gasteiger charge is 2.15. The molecule has 1 aromatic carbocycles. The van der Waals surface area contributed by atoms with Crippen LogP contribution in [0.2, 0.25) is 5.02 Å². The number of nitrogen functional groups attached to an aromatic ring is 1. The van der Waals surface area contributed by atoms with Gasteiger partial charge in [-0.2, -0.15) is 5.10 Å². The lowest BCUT2D eigenvalue weighted by Gasteiger charge is -2.11. The summed E-state index contributed by atoms with van der Waals surface area (Å²) in [6.07, 6.45) is 3.60. The molecule has 3 aromatic rings. The predicted octanol–water partition coefficient (Wildman–Crippen LogP) is 3.99. The molecule has 4 nitrogen and oxygen atoms in total. The first-order valence-electron chi connectivity index (χ1n) is 6.84. The van der Waals surface area contributed by atoms with Crippen molar-refractivity contribution in [2.24, 2.45) is 7.05 Å². The first kappa shape index (κ1) is 13.9. The average molecular weight is 301 g/mol. The van der Waals surface area contributed by atoms with Gasteiger partial charge in [-0.05, 0) is 35.1 Å². The van der Waals surface area contributed by atoms with Crippen LogP contribution in [-0.4, -0.2) is 14.8 Å². The molecule has 0 saturated carbocycles. The van der Waals surface area contributed by atoms with Gasteiger partial charge >= 0.3 is 0 Å². The van der Waals surface area contributed by atoms with E-state index in [0.717, 1.165) is 21.9 Å². The fourth-order valence-electron chi connectivity index (χ4n) is 2.74. The summed E-state index contributed by atoms with van der Waals surface area (Å²) in [6, 6.07) is 5.89. The Kier molecular flexibility index (Phi) is 3.33. The van der Waals surface area contributed by atoms with E-state index >= 15 is 0 Å². The van der Waals surface area contributed by atoms with Gasteiger partial charge in [0.25, 0.3) is 0 Å². The summed E-state index contributed by atoms with van der Waals surface area (Å²) in [5.74, 6) is 0.871. The minimum absolute atomic E-state index is 0.379. The fraction of sp³-hybridized carbons (Fsp3) is 0.250. The normalized spacial score (nSPS) is 11.5. The molecule has 0 radical (unpaired) electrons. The third-order valence-electron chi connectivity index (χ3n) is 3.65. The fourth-order valence-corrected chi connectivity index (χ4v) is 3.02. The number of hydrogen-bond donors (Lipinski definition) is 1. The molecule has 0 aliphatic heterocycles. The molecule has 21 heavy (non-hydrogen) atoms. The number of hydrogen-bond acceptors (Lipinski definition) is 3. The molecule has 2 aromatic heterocycles. The number of anilines is 1. The van der Waals surface area contributed by atoms with Crippen molar-refractivity contribution in [1.82, 2.24) is 14.8 Å². The van der Waals surface area contributed by atoms with Crippen molar-refractivity contribution in [3.8, 4) is 11.1 Å². The molecular formula is C16H17ClN4. The molecule has 0 fully saturated rings. The van der Waals surface area contributed by atoms with Crippen LogP contribution in [0.4, 0.5) is 5.82 Å². The number of halogens is 1. The van der Waals surface area contributed by atoms with Gasteiger partial charge in [-0.1, -0.05) is 25.4 Å². The molecule has 2 N–H and O–H groups in total. The van der Waals surface area contributed by atoms with Crippen LogP contribution in [0.25, 0.3) is 21.9 Å². The van der Waals surface area contributed by atoms with E-state index < -0.39 is 0 Å². The largest absolute Gasteiger partial charge is 0.384 e. The Morgan fingerprint density at radius 1 is 1.19 bits per heavy atom. The zero-order chi connectivity index (χ0) is 15.1. The third-order valence-corrected chi connectivity index (χ3v) is 3.96. The molecule has 0 atom stereocenters. The number of aryl methyl sites for hydroxylation is 1. The molecule has 0 amide bonds. The average Bonchev–Trinajstić information content (AvgIpc) is 2.80. The molecule has 0 bridgehead atoms. The zero-order valence-corrected chi connectivity index (χ0v) is 13.0. The molecule has 5 heteroatoms. The standard InChI is InChI=1S/C16H17ClN4/c1-9(2)16-13(8-20-21(16)3)10-4-11-6-15(18)19-7-12(11)14(17)5-10/h4-9H,1-3H3,(H2,18,19). The Labute approximate surface area is 128 Å². The maximum absolute atomic E-state index is 6.40. The van der Waals surface area contributed by atoms with Crippen LogP contribution < -0.4 is 5.73 Å². The Morgan fingerprint density at radius 3 is 2.67 bits per heavy atom. The second-order valence-corrected chi connectivity index (χ2v) is 5.92. The van der Waals surface area contributed by atoms with Crippen LogP contribution in [0.3, 0.4) is 0 Å². The van der Waals surface area contributed by atoms with Crippen LogP contribution in [-0.2, 0) is 7.05 Å². The first-order chi connectivity index (χ1) is 9.97. The number of aromatic nitrogens is 3. The topological polar surface area (TPSA) is 56.7 Å². The van der Waals surface area contributed by atoms with Crippen molar-refractivity contribution in [2.75, 3.05) is 5.73 Å². The predicted molar refractivity (Wildman–Crippen MR) is 87.5 cm³/mol. The Bertz CT molecular complexity index is 821. The summed E-state index contributed by atoms with van der Waals surface area (Å²) in [5, 5.41) is 6.95. The molecule has 2 heterocycles. The van der Waals surface area contributed by atoms with E-state index in [1.165, 1.54) is 5.69 Å². The molecule has 0 spiro atoms. The minimum atomic E-state index is 0.379. The van der Waals surface area contributed by atoms with Gasteiger partial charge in [0, 0.05) is 29.9 Å². The molecule has 0 unspecified atom stereocenters. The highest BCUT2D eigenvalue weighted by Crippen LogP contribution is 2.34. The van der Waals surface area contributed by atoms with Crippen LogP contribution in [0, 0.1) is 0 Å². The van der Waals surface area contributed by atoms with Crippen LogP contribution in [0.1, 0.15) is 25.5 Å². The Balaban J connectivity index is 2.26. The van der Waals surface area contributed by atoms with Crippen molar-refractivity contribution in [3.05, 3.63) is 41.3 Å². The zero-order valence-electron chi connectivity index (χ0n) is 12.3. The van der Waals surface area contributed by atoms with E-state index in [2.05, 4.69) is 30.0 Å². The van der Waals surface area contributed by atoms with Crippen LogP contribution in [0.5, 0.6) is 0 Å². The summed E-state index contributed by atoms with van der Waals surface area (Å²) in [7, 11) is 1.96. The van der Waals surface area contributed by atoms with Crippen molar-refractivity contribution in [2.45, 2.75) is 19.8 Å². The summed E-state index contributed by atoms with van der Waals surface area (Å²) in [6.45, 7) is 4.32. The third kappa shape index (κ3) is 2.36. The highest BCUT2D eigenvalue weighted by molar-refractivity contribution is 6.35. The summed E-state index contributed by atoms with van der Waals surface area (Å²) < 4.78 is 1.92. The van der Waals surface area contributed by atoms with E-state index in [0.29, 0.717) is 16.8 Å². The van der Waals surface area contributed by atoms with Crippen molar-refractivity contribution < 1.29 is 0 Å². The van der Waals surface area contributed by atoms with Gasteiger partial charge in [-0.25, -0.2) is 4.98 Å². The van der Waals surface area contributed by atoms with E-state index in [1.54, 1.807) is 6.20 Å². The van der Waals surface area contributed by atoms with Crippen LogP contribution >= 0.6 is 11.6 Å². The molecule has 0 aliphatic carbocycles. The van der Waals surface area contributed by atoms with Crippen molar-refractivity contribution in [1.29, 1.82) is 0 Å². The van der Waals surface area contributed by atoms with Gasteiger partial charge in [0.2, 0.25) is 0 Å². The van der Waals surface area contributed by atoms with E-state index in [4.69, 9.17) is 17.3 Å². The minimum Gasteiger partial charge on any atom is -0.384 e. The molecular weight excluding hydrogens is 284 g/mol. The maximum atomic E-state index is 6.40. The van der Waals surface area contributed by atoms with Crippen molar-refractivity contribution >= 4 is 28.2 Å². The molecule has 108 valence electrons. The number of nitrogens with zero attached hydrogens (tertiary/aromatic N) is 3. The summed E-state index contributed by atoms with van der Waals surface area (Å²) >= 11 is 6.40. The Morgan fingerprint density at radius 2 is 1.95 bits per heavy atom. The van der Waals surface area contributed by atoms with Crippen molar-refractivity contribution in [3.63, 3.8) is 0 Å². The monoisotopic (exact) mass is 300 g/mol. The Hall–Kier alpha value is -2.07. The van der Waals surface area contributed by atoms with Gasteiger partial charge in [0.1, 0.15) is 5.82 Å². The number of fused-ring (bicyclic) bond motifs is 1. The lowest BCUT2D eigenvalue weighted by molar-refractivity contribution is 0.670. The van der Waals surface area contributed by atoms with Gasteiger partial charge < -0.3 is 5.73 Å². The summed E-state index contributed by atoms with van der Waals surface area (Å²) in [5.41, 5.74) is 9.12. The van der Waals surface area contributed by atoms with E-state index in [9.17, 15) is 0 Å². The van der Waals surface area contributed by atoms with Gasteiger partial charge in [-0.3, -0.25) is 4.68 Å². The number of rotatable bonds is 2. The lowest BCUT2D eigenvalue weighted by atomic mass is 9.98. The molecule has 0 aliphatic rings. The smallest absolute Gasteiger partial charge is 0.123 e. The highest BCUT2D eigenvalue weighted by atomic mass is 35.5. The van der Waals surface area contributed by atoms with E-state index in [-0.39, 0.29) is 0 Å². The van der Waals surface area contributed by atoms with Gasteiger partial charge in [-0.15, -0.1) is 0 Å². The summed E-state index contributed by atoms with van der Waals surface area (Å²) in [4.78, 5) is 4.10. The van der Waals surface area contributed by atoms with Crippen LogP contribution in [0.15, 0.2) is 30.6 Å². The lowest BCUT2D eigenvalue weighted by Crippen LogP contribution is -2.01. The number of benzene rings is 1. The quantitative estimate of drug-likeness (QED) is 0.778. The maximum Gasteiger partial charge on any atom is 0.123 e. The SMILES string of the molecule is CC(C)c1c(-c2cc(Cl)c3cnc(N)cc3c2)cnn1C.